The Morgan fingerprint density at radius 1 is 1.42 bits per heavy atom. The van der Waals surface area contributed by atoms with E-state index in [0.717, 1.165) is 11.1 Å². The molecule has 3 N–H and O–H groups in total. The van der Waals surface area contributed by atoms with E-state index in [1.807, 2.05) is 55.9 Å². The molecule has 0 bridgehead atoms. The molecule has 2 heterocycles. The van der Waals surface area contributed by atoms with Crippen LogP contribution in [-0.4, -0.2) is 21.1 Å². The number of aromatic nitrogens is 2. The molecule has 2 aromatic rings. The Labute approximate surface area is 130 Å². The number of nitrogens with one attached hydrogen (secondary N) is 1. The lowest BCUT2D eigenvalue weighted by molar-refractivity contribution is 0.508. The highest BCUT2D eigenvalue weighted by molar-refractivity contribution is 14.0. The Balaban J connectivity index is 0.00000180. The van der Waals surface area contributed by atoms with Gasteiger partial charge in [0.15, 0.2) is 5.96 Å². The summed E-state index contributed by atoms with van der Waals surface area (Å²) in [6, 6.07) is 5.95. The van der Waals surface area contributed by atoms with Crippen molar-refractivity contribution < 1.29 is 0 Å². The molecular weight excluding hydrogens is 353 g/mol. The fourth-order valence-corrected chi connectivity index (χ4v) is 1.70. The molecule has 19 heavy (non-hydrogen) atoms. The average molecular weight is 373 g/mol. The number of rotatable bonds is 2. The summed E-state index contributed by atoms with van der Waals surface area (Å²) in [5.41, 5.74) is 7.88. The molecule has 2 aromatic heterocycles. The van der Waals surface area contributed by atoms with Crippen LogP contribution in [-0.2, 0) is 6.54 Å². The number of aliphatic imine (C=N–C) groups is 1. The summed E-state index contributed by atoms with van der Waals surface area (Å²) in [4.78, 5) is 4.33. The highest BCUT2D eigenvalue weighted by Gasteiger charge is 2.10. The van der Waals surface area contributed by atoms with Crippen LogP contribution in [0, 0.1) is 0 Å². The molecule has 0 fully saturated rings. The zero-order valence-electron chi connectivity index (χ0n) is 11.4. The van der Waals surface area contributed by atoms with Crippen molar-refractivity contribution in [3.63, 3.8) is 0 Å². The van der Waals surface area contributed by atoms with Crippen LogP contribution in [0.1, 0.15) is 26.3 Å². The first-order chi connectivity index (χ1) is 8.46. The van der Waals surface area contributed by atoms with Crippen LogP contribution in [0.15, 0.2) is 35.6 Å². The number of pyridine rings is 1. The molecule has 0 spiro atoms. The number of halogens is 1. The summed E-state index contributed by atoms with van der Waals surface area (Å²) in [5.74, 6) is 0.456. The molecule has 0 aliphatic heterocycles. The summed E-state index contributed by atoms with van der Waals surface area (Å²) in [5, 5.41) is 7.39. The Hall–Kier alpha value is -1.31. The third-order valence-electron chi connectivity index (χ3n) is 2.43. The van der Waals surface area contributed by atoms with E-state index in [4.69, 9.17) is 5.73 Å². The second-order valence-electron chi connectivity index (χ2n) is 5.28. The van der Waals surface area contributed by atoms with Gasteiger partial charge in [-0.15, -0.1) is 24.0 Å². The van der Waals surface area contributed by atoms with Crippen molar-refractivity contribution in [2.45, 2.75) is 32.9 Å². The number of nitrogens with two attached hydrogens (primary N) is 1. The minimum absolute atomic E-state index is 0. The van der Waals surface area contributed by atoms with Gasteiger partial charge >= 0.3 is 0 Å². The predicted octanol–water partition coefficient (Wildman–Crippen LogP) is 2.16. The summed E-state index contributed by atoms with van der Waals surface area (Å²) in [7, 11) is 0. The lowest BCUT2D eigenvalue weighted by Gasteiger charge is -2.20. The molecule has 0 radical (unpaired) electrons. The third kappa shape index (κ3) is 4.38. The average Bonchev–Trinajstić information content (AvgIpc) is 2.67. The van der Waals surface area contributed by atoms with E-state index in [-0.39, 0.29) is 29.5 Å². The van der Waals surface area contributed by atoms with Crippen LogP contribution in [0.2, 0.25) is 0 Å². The third-order valence-corrected chi connectivity index (χ3v) is 2.43. The molecule has 104 valence electrons. The van der Waals surface area contributed by atoms with Crippen LogP contribution in [0.3, 0.4) is 0 Å². The molecule has 0 aliphatic rings. The highest BCUT2D eigenvalue weighted by Crippen LogP contribution is 2.10. The fraction of sp³-hybridized carbons (Fsp3) is 0.385. The molecule has 5 nitrogen and oxygen atoms in total. The van der Waals surface area contributed by atoms with Crippen LogP contribution in [0.25, 0.3) is 5.52 Å². The first kappa shape index (κ1) is 15.7. The Bertz CT molecular complexity index is 568. The molecule has 0 saturated carbocycles. The standard InChI is InChI=1S/C13H19N5.HI/c1-13(2,3)17-12(14)15-8-10-9-16-18-7-5-4-6-11(10)18;/h4-7,9H,8H2,1-3H3,(H3,14,15,17);1H. The van der Waals surface area contributed by atoms with Gasteiger partial charge in [0.2, 0.25) is 0 Å². The maximum absolute atomic E-state index is 5.83. The fourth-order valence-electron chi connectivity index (χ4n) is 1.70. The predicted molar refractivity (Wildman–Crippen MR) is 88.8 cm³/mol. The molecule has 0 saturated heterocycles. The zero-order valence-corrected chi connectivity index (χ0v) is 13.8. The summed E-state index contributed by atoms with van der Waals surface area (Å²) < 4.78 is 1.83. The Morgan fingerprint density at radius 2 is 2.16 bits per heavy atom. The maximum Gasteiger partial charge on any atom is 0.189 e. The number of fused-ring (bicyclic) bond motifs is 1. The largest absolute Gasteiger partial charge is 0.370 e. The van der Waals surface area contributed by atoms with Gasteiger partial charge in [-0.05, 0) is 32.9 Å². The lowest BCUT2D eigenvalue weighted by atomic mass is 10.1. The van der Waals surface area contributed by atoms with Gasteiger partial charge in [0.25, 0.3) is 0 Å². The molecule has 0 unspecified atom stereocenters. The van der Waals surface area contributed by atoms with E-state index in [2.05, 4.69) is 15.4 Å². The minimum atomic E-state index is -0.0747. The molecule has 6 heteroatoms. The minimum Gasteiger partial charge on any atom is -0.370 e. The van der Waals surface area contributed by atoms with E-state index in [1.165, 1.54) is 0 Å². The summed E-state index contributed by atoms with van der Waals surface area (Å²) in [6.45, 7) is 6.67. The quantitative estimate of drug-likeness (QED) is 0.482. The Kier molecular flexibility index (Phi) is 5.16. The van der Waals surface area contributed by atoms with E-state index in [9.17, 15) is 0 Å². The number of guanidine groups is 1. The van der Waals surface area contributed by atoms with E-state index < -0.39 is 0 Å². The van der Waals surface area contributed by atoms with Gasteiger partial charge in [-0.25, -0.2) is 9.51 Å². The highest BCUT2D eigenvalue weighted by atomic mass is 127. The number of hydrogen-bond donors (Lipinski definition) is 2. The molecule has 0 aromatic carbocycles. The van der Waals surface area contributed by atoms with Crippen molar-refractivity contribution in [1.29, 1.82) is 0 Å². The van der Waals surface area contributed by atoms with Crippen LogP contribution in [0.5, 0.6) is 0 Å². The van der Waals surface area contributed by atoms with Gasteiger partial charge in [0.1, 0.15) is 0 Å². The molecule has 2 rings (SSSR count). The maximum atomic E-state index is 5.83. The number of hydrogen-bond acceptors (Lipinski definition) is 2. The van der Waals surface area contributed by atoms with E-state index in [0.29, 0.717) is 12.5 Å². The van der Waals surface area contributed by atoms with Crippen molar-refractivity contribution in [2.24, 2.45) is 10.7 Å². The second kappa shape index (κ2) is 6.23. The smallest absolute Gasteiger partial charge is 0.189 e. The lowest BCUT2D eigenvalue weighted by Crippen LogP contribution is -2.44. The second-order valence-corrected chi connectivity index (χ2v) is 5.28. The van der Waals surface area contributed by atoms with Gasteiger partial charge in [-0.3, -0.25) is 0 Å². The first-order valence-electron chi connectivity index (χ1n) is 5.95. The van der Waals surface area contributed by atoms with Crippen molar-refractivity contribution in [1.82, 2.24) is 14.9 Å². The van der Waals surface area contributed by atoms with Crippen LogP contribution < -0.4 is 11.1 Å². The molecular formula is C13H20IN5. The van der Waals surface area contributed by atoms with E-state index in [1.54, 1.807) is 0 Å². The molecule has 0 amide bonds. The SMILES string of the molecule is CC(C)(C)NC(N)=NCc1cnn2ccccc12.I. The van der Waals surface area contributed by atoms with Gasteiger partial charge < -0.3 is 11.1 Å². The number of nitrogens with zero attached hydrogens (tertiary/aromatic N) is 3. The normalized spacial score (nSPS) is 12.3. The van der Waals surface area contributed by atoms with Gasteiger partial charge in [-0.2, -0.15) is 5.10 Å². The van der Waals surface area contributed by atoms with Crippen molar-refractivity contribution >= 4 is 35.5 Å². The van der Waals surface area contributed by atoms with Gasteiger partial charge in [0.05, 0.1) is 18.3 Å². The zero-order chi connectivity index (χ0) is 13.2. The summed E-state index contributed by atoms with van der Waals surface area (Å²) >= 11 is 0. The molecule has 0 aliphatic carbocycles. The van der Waals surface area contributed by atoms with Crippen molar-refractivity contribution in [3.8, 4) is 0 Å². The Morgan fingerprint density at radius 3 is 2.84 bits per heavy atom. The van der Waals surface area contributed by atoms with Crippen molar-refractivity contribution in [3.05, 3.63) is 36.2 Å². The van der Waals surface area contributed by atoms with E-state index >= 15 is 0 Å². The first-order valence-corrected chi connectivity index (χ1v) is 5.95. The van der Waals surface area contributed by atoms with Gasteiger partial charge in [0, 0.05) is 17.3 Å². The monoisotopic (exact) mass is 373 g/mol. The van der Waals surface area contributed by atoms with Crippen LogP contribution in [0.4, 0.5) is 0 Å². The molecule has 0 atom stereocenters. The van der Waals surface area contributed by atoms with Gasteiger partial charge in [-0.1, -0.05) is 6.07 Å². The topological polar surface area (TPSA) is 67.7 Å². The van der Waals surface area contributed by atoms with Crippen LogP contribution >= 0.6 is 24.0 Å². The van der Waals surface area contributed by atoms with Crippen molar-refractivity contribution in [2.75, 3.05) is 0 Å². The summed E-state index contributed by atoms with van der Waals surface area (Å²) in [6.07, 6.45) is 3.74.